The number of amides is 4. The highest BCUT2D eigenvalue weighted by atomic mass is 16.5. The first-order chi connectivity index (χ1) is 16.3. The number of urea groups is 1. The quantitative estimate of drug-likeness (QED) is 0.429. The molecule has 0 spiro atoms. The van der Waals surface area contributed by atoms with Crippen molar-refractivity contribution in [2.24, 2.45) is 0 Å². The first kappa shape index (κ1) is 22.5. The van der Waals surface area contributed by atoms with Crippen molar-refractivity contribution in [3.05, 3.63) is 101 Å². The summed E-state index contributed by atoms with van der Waals surface area (Å²) in [5.74, 6) is -1.96. The summed E-state index contributed by atoms with van der Waals surface area (Å²) < 4.78 is 5.70. The molecule has 3 aromatic carbocycles. The van der Waals surface area contributed by atoms with Crippen LogP contribution in [-0.2, 0) is 16.2 Å². The van der Waals surface area contributed by atoms with Crippen molar-refractivity contribution in [2.45, 2.75) is 13.5 Å². The van der Waals surface area contributed by atoms with Gasteiger partial charge in [-0.05, 0) is 60.5 Å². The van der Waals surface area contributed by atoms with E-state index in [1.54, 1.807) is 60.7 Å². The van der Waals surface area contributed by atoms with E-state index in [0.29, 0.717) is 22.6 Å². The summed E-state index contributed by atoms with van der Waals surface area (Å²) >= 11 is 0. The summed E-state index contributed by atoms with van der Waals surface area (Å²) in [4.78, 5) is 49.6. The number of hydrogen-bond acceptors (Lipinski definition) is 5. The lowest BCUT2D eigenvalue weighted by atomic mass is 10.1. The summed E-state index contributed by atoms with van der Waals surface area (Å²) in [6.07, 6.45) is 1.41. The topological polar surface area (TPSA) is 113 Å². The number of benzene rings is 3. The molecule has 2 N–H and O–H groups in total. The van der Waals surface area contributed by atoms with Gasteiger partial charge in [-0.1, -0.05) is 42.0 Å². The van der Waals surface area contributed by atoms with Gasteiger partial charge in [-0.15, -0.1) is 0 Å². The SMILES string of the molecule is Cc1ccc(N2C(=O)NC(=O)/C(=C/c3ccc(OCc4cccc(C(=O)O)c4)cc3)C2=O)cc1. The smallest absolute Gasteiger partial charge is 0.335 e. The molecule has 1 saturated heterocycles. The minimum absolute atomic E-state index is 0.167. The monoisotopic (exact) mass is 456 g/mol. The molecule has 8 nitrogen and oxygen atoms in total. The van der Waals surface area contributed by atoms with Crippen molar-refractivity contribution in [3.8, 4) is 5.75 Å². The minimum Gasteiger partial charge on any atom is -0.489 e. The van der Waals surface area contributed by atoms with Crippen molar-refractivity contribution < 1.29 is 29.0 Å². The van der Waals surface area contributed by atoms with Crippen LogP contribution < -0.4 is 15.0 Å². The van der Waals surface area contributed by atoms with Crippen LogP contribution in [0.15, 0.2) is 78.4 Å². The van der Waals surface area contributed by atoms with E-state index < -0.39 is 23.8 Å². The number of nitrogens with zero attached hydrogens (tertiary/aromatic N) is 1. The van der Waals surface area contributed by atoms with Crippen molar-refractivity contribution in [1.82, 2.24) is 5.32 Å². The van der Waals surface area contributed by atoms with Crippen LogP contribution in [0, 0.1) is 6.92 Å². The highest BCUT2D eigenvalue weighted by Crippen LogP contribution is 2.23. The van der Waals surface area contributed by atoms with E-state index in [2.05, 4.69) is 5.32 Å². The predicted molar refractivity (Wildman–Crippen MR) is 124 cm³/mol. The third kappa shape index (κ3) is 4.86. The maximum atomic E-state index is 12.9. The van der Waals surface area contributed by atoms with Crippen molar-refractivity contribution in [3.63, 3.8) is 0 Å². The molecule has 34 heavy (non-hydrogen) atoms. The van der Waals surface area contributed by atoms with E-state index in [9.17, 15) is 19.2 Å². The van der Waals surface area contributed by atoms with Gasteiger partial charge in [0.2, 0.25) is 0 Å². The average molecular weight is 456 g/mol. The largest absolute Gasteiger partial charge is 0.489 e. The number of carboxylic acid groups (broad SMARTS) is 1. The van der Waals surface area contributed by atoms with E-state index >= 15 is 0 Å². The van der Waals surface area contributed by atoms with Crippen LogP contribution in [0.1, 0.15) is 27.0 Å². The number of barbiturate groups is 1. The van der Waals surface area contributed by atoms with E-state index in [0.717, 1.165) is 10.5 Å². The first-order valence-corrected chi connectivity index (χ1v) is 10.3. The van der Waals surface area contributed by atoms with E-state index in [1.165, 1.54) is 18.2 Å². The maximum Gasteiger partial charge on any atom is 0.335 e. The van der Waals surface area contributed by atoms with Crippen LogP contribution in [-0.4, -0.2) is 28.9 Å². The molecule has 4 amide bonds. The molecule has 1 fully saturated rings. The van der Waals surface area contributed by atoms with Gasteiger partial charge >= 0.3 is 12.0 Å². The Labute approximate surface area is 195 Å². The fourth-order valence-electron chi connectivity index (χ4n) is 3.37. The highest BCUT2D eigenvalue weighted by molar-refractivity contribution is 6.39. The number of aromatic carboxylic acids is 1. The zero-order valence-corrected chi connectivity index (χ0v) is 18.1. The van der Waals surface area contributed by atoms with Gasteiger partial charge in [-0.2, -0.15) is 0 Å². The summed E-state index contributed by atoms with van der Waals surface area (Å²) in [6.45, 7) is 2.06. The lowest BCUT2D eigenvalue weighted by molar-refractivity contribution is -0.122. The number of carbonyl (C=O) groups is 4. The van der Waals surface area contributed by atoms with Gasteiger partial charge in [0.15, 0.2) is 0 Å². The van der Waals surface area contributed by atoms with Crippen molar-refractivity contribution in [2.75, 3.05) is 4.90 Å². The van der Waals surface area contributed by atoms with E-state index in [4.69, 9.17) is 9.84 Å². The number of carbonyl (C=O) groups excluding carboxylic acids is 3. The third-order valence-corrected chi connectivity index (χ3v) is 5.16. The van der Waals surface area contributed by atoms with Gasteiger partial charge in [0.25, 0.3) is 11.8 Å². The molecule has 0 aromatic heterocycles. The molecule has 170 valence electrons. The standard InChI is InChI=1S/C26H20N2O6/c1-16-5-9-20(10-6-16)28-24(30)22(23(29)27-26(28)33)14-17-7-11-21(12-8-17)34-15-18-3-2-4-19(13-18)25(31)32/h2-14H,15H2,1H3,(H,31,32)(H,27,29,33)/b22-14-. The number of hydrogen-bond donors (Lipinski definition) is 2. The van der Waals surface area contributed by atoms with Gasteiger partial charge in [0, 0.05) is 0 Å². The normalized spacial score (nSPS) is 14.8. The van der Waals surface area contributed by atoms with Crippen LogP contribution >= 0.6 is 0 Å². The number of anilines is 1. The van der Waals surface area contributed by atoms with E-state index in [1.807, 2.05) is 6.92 Å². The average Bonchev–Trinajstić information content (AvgIpc) is 2.82. The van der Waals surface area contributed by atoms with Gasteiger partial charge in [-0.3, -0.25) is 14.9 Å². The third-order valence-electron chi connectivity index (χ3n) is 5.16. The molecule has 0 aliphatic carbocycles. The molecule has 0 unspecified atom stereocenters. The van der Waals surface area contributed by atoms with Crippen molar-refractivity contribution in [1.29, 1.82) is 0 Å². The molecule has 1 aliphatic heterocycles. The summed E-state index contributed by atoms with van der Waals surface area (Å²) in [5, 5.41) is 11.3. The number of aryl methyl sites for hydroxylation is 1. The Hall–Kier alpha value is -4.72. The fourth-order valence-corrected chi connectivity index (χ4v) is 3.37. The Morgan fingerprint density at radius 2 is 1.71 bits per heavy atom. The molecular weight excluding hydrogens is 436 g/mol. The molecule has 0 saturated carbocycles. The maximum absolute atomic E-state index is 12.9. The Morgan fingerprint density at radius 3 is 2.38 bits per heavy atom. The second-order valence-corrected chi connectivity index (χ2v) is 7.66. The first-order valence-electron chi connectivity index (χ1n) is 10.3. The van der Waals surface area contributed by atoms with Crippen LogP contribution in [0.5, 0.6) is 5.75 Å². The molecule has 0 bridgehead atoms. The number of ether oxygens (including phenoxy) is 1. The van der Waals surface area contributed by atoms with Crippen LogP contribution in [0.4, 0.5) is 10.5 Å². The molecule has 0 radical (unpaired) electrons. The zero-order chi connectivity index (χ0) is 24.2. The zero-order valence-electron chi connectivity index (χ0n) is 18.1. The number of rotatable bonds is 6. The second-order valence-electron chi connectivity index (χ2n) is 7.66. The molecule has 4 rings (SSSR count). The van der Waals surface area contributed by atoms with Gasteiger partial charge < -0.3 is 9.84 Å². The van der Waals surface area contributed by atoms with Gasteiger partial charge in [0.1, 0.15) is 17.9 Å². The lowest BCUT2D eigenvalue weighted by Gasteiger charge is -2.26. The number of carboxylic acids is 1. The van der Waals surface area contributed by atoms with Crippen LogP contribution in [0.3, 0.4) is 0 Å². The lowest BCUT2D eigenvalue weighted by Crippen LogP contribution is -2.54. The fraction of sp³-hybridized carbons (Fsp3) is 0.0769. The summed E-state index contributed by atoms with van der Waals surface area (Å²) in [7, 11) is 0. The molecule has 1 heterocycles. The van der Waals surface area contributed by atoms with Gasteiger partial charge in [-0.25, -0.2) is 14.5 Å². The highest BCUT2D eigenvalue weighted by Gasteiger charge is 2.36. The molecule has 1 aliphatic rings. The molecule has 0 atom stereocenters. The number of imide groups is 2. The Morgan fingerprint density at radius 1 is 1.00 bits per heavy atom. The molecule has 8 heteroatoms. The second kappa shape index (κ2) is 9.41. The Bertz CT molecular complexity index is 1310. The minimum atomic E-state index is -1.01. The van der Waals surface area contributed by atoms with Gasteiger partial charge in [0.05, 0.1) is 11.3 Å². The Kier molecular flexibility index (Phi) is 6.22. The summed E-state index contributed by atoms with van der Waals surface area (Å²) in [5.41, 5.74) is 2.61. The van der Waals surface area contributed by atoms with Crippen LogP contribution in [0.2, 0.25) is 0 Å². The predicted octanol–water partition coefficient (Wildman–Crippen LogP) is 3.94. The Balaban J connectivity index is 1.49. The number of nitrogens with one attached hydrogen (secondary N) is 1. The molecule has 3 aromatic rings. The summed E-state index contributed by atoms with van der Waals surface area (Å²) in [6, 6.07) is 19.1. The van der Waals surface area contributed by atoms with E-state index in [-0.39, 0.29) is 17.7 Å². The van der Waals surface area contributed by atoms with Crippen LogP contribution in [0.25, 0.3) is 6.08 Å². The molecular formula is C26H20N2O6. The van der Waals surface area contributed by atoms with Crippen molar-refractivity contribution >= 4 is 35.6 Å².